The van der Waals surface area contributed by atoms with Gasteiger partial charge in [0, 0.05) is 22.3 Å². The van der Waals surface area contributed by atoms with Crippen LogP contribution < -0.4 is 16.2 Å². The molecule has 137 valence electrons. The molecule has 0 fully saturated rings. The molecule has 1 radical (unpaired) electrons. The van der Waals surface area contributed by atoms with E-state index >= 15 is 0 Å². The second-order valence-corrected chi connectivity index (χ2v) is 4.93. The minimum absolute atomic E-state index is 0. The molecule has 2 aromatic rings. The summed E-state index contributed by atoms with van der Waals surface area (Å²) in [5, 5.41) is 20.4. The van der Waals surface area contributed by atoms with Gasteiger partial charge in [-0.25, -0.2) is 5.26 Å². The van der Waals surface area contributed by atoms with Crippen LogP contribution in [0.5, 0.6) is 5.75 Å². The van der Waals surface area contributed by atoms with Crippen LogP contribution in [-0.2, 0) is 29.4 Å². The Balaban J connectivity index is 0.00000146. The van der Waals surface area contributed by atoms with Gasteiger partial charge in [-0.15, -0.1) is 0 Å². The summed E-state index contributed by atoms with van der Waals surface area (Å²) in [6, 6.07) is 14.6. The standard InChI is InChI=1S/C15H13N3O3S.CHNS.Co/c19-12-9-5-4-8-11(12)14(21)17-18-15(22)16-13(20)10-6-2-1-3-7-10;2-1-3;/h1-9,19H,(H,17,21)(H2,16,18,20,22);3H;/p-1. The number of nitrogens with zero attached hydrogens (tertiary/aromatic N) is 1. The van der Waals surface area contributed by atoms with Crippen molar-refractivity contribution in [2.75, 3.05) is 0 Å². The number of rotatable bonds is 2. The molecule has 2 amide bonds. The maximum absolute atomic E-state index is 11.8. The molecule has 0 aromatic heterocycles. The third-order valence-corrected chi connectivity index (χ3v) is 2.91. The van der Waals surface area contributed by atoms with Crippen molar-refractivity contribution in [3.63, 3.8) is 0 Å². The first kappa shape index (κ1) is 23.3. The molecule has 0 saturated heterocycles. The van der Waals surface area contributed by atoms with Crippen molar-refractivity contribution >= 4 is 41.8 Å². The third kappa shape index (κ3) is 7.91. The zero-order valence-electron chi connectivity index (χ0n) is 13.1. The predicted molar refractivity (Wildman–Crippen MR) is 98.2 cm³/mol. The molecule has 0 heterocycles. The van der Waals surface area contributed by atoms with Gasteiger partial charge < -0.3 is 17.7 Å². The van der Waals surface area contributed by atoms with Gasteiger partial charge >= 0.3 is 0 Å². The zero-order valence-corrected chi connectivity index (χ0v) is 15.7. The van der Waals surface area contributed by atoms with E-state index in [1.54, 1.807) is 42.5 Å². The average molecular weight is 432 g/mol. The number of phenols is 1. The van der Waals surface area contributed by atoms with Crippen LogP contribution >= 0.6 is 12.2 Å². The molecule has 26 heavy (non-hydrogen) atoms. The molecule has 7 nitrogen and oxygen atoms in total. The van der Waals surface area contributed by atoms with Crippen molar-refractivity contribution in [1.82, 2.24) is 16.2 Å². The number of thiocyanates is 1. The van der Waals surface area contributed by atoms with Crippen LogP contribution in [0.15, 0.2) is 54.6 Å². The van der Waals surface area contributed by atoms with E-state index < -0.39 is 11.8 Å². The fourth-order valence-corrected chi connectivity index (χ4v) is 1.79. The summed E-state index contributed by atoms with van der Waals surface area (Å²) in [4.78, 5) is 23.7. The molecule has 0 spiro atoms. The summed E-state index contributed by atoms with van der Waals surface area (Å²) in [5.41, 5.74) is 5.22. The maximum Gasteiger partial charge on any atom is 0.273 e. The minimum Gasteiger partial charge on any atom is -0.696 e. The number of nitrogens with one attached hydrogen (secondary N) is 3. The van der Waals surface area contributed by atoms with Gasteiger partial charge in [-0.3, -0.25) is 25.8 Å². The van der Waals surface area contributed by atoms with Crippen molar-refractivity contribution in [3.8, 4) is 11.2 Å². The second kappa shape index (κ2) is 12.6. The number of hydrogen-bond acceptors (Lipinski definition) is 6. The Bertz CT molecular complexity index is 798. The summed E-state index contributed by atoms with van der Waals surface area (Å²) in [6.45, 7) is 0. The number of hydrazine groups is 1. The molecule has 4 N–H and O–H groups in total. The molecule has 0 saturated carbocycles. The molecule has 2 aromatic carbocycles. The van der Waals surface area contributed by atoms with Gasteiger partial charge in [0.2, 0.25) is 0 Å². The molecular formula is C16H13CoN4O3S2-. The van der Waals surface area contributed by atoms with Crippen LogP contribution in [0.1, 0.15) is 20.7 Å². The molecule has 10 heteroatoms. The van der Waals surface area contributed by atoms with Crippen LogP contribution in [0.2, 0.25) is 0 Å². The van der Waals surface area contributed by atoms with Crippen LogP contribution in [-0.4, -0.2) is 22.0 Å². The minimum atomic E-state index is -0.575. The van der Waals surface area contributed by atoms with E-state index in [1.807, 2.05) is 0 Å². The Labute approximate surface area is 171 Å². The molecule has 0 bridgehead atoms. The first-order chi connectivity index (χ1) is 12.0. The summed E-state index contributed by atoms with van der Waals surface area (Å²) in [5.74, 6) is -1.12. The molecule has 0 aliphatic heterocycles. The van der Waals surface area contributed by atoms with E-state index in [2.05, 4.69) is 28.8 Å². The summed E-state index contributed by atoms with van der Waals surface area (Å²) >= 11 is 8.61. The number of thiocarbonyl (C=S) groups is 1. The SMILES string of the molecule is N#C[S-].O=C(NC(=S)NNC(=O)c1ccccc1O)c1ccccc1.[Co]. The molecule has 2 rings (SSSR count). The number of nitriles is 1. The van der Waals surface area contributed by atoms with Crippen molar-refractivity contribution in [2.24, 2.45) is 0 Å². The van der Waals surface area contributed by atoms with Crippen molar-refractivity contribution in [3.05, 3.63) is 65.7 Å². The van der Waals surface area contributed by atoms with Gasteiger partial charge in [-0.05, 0) is 36.5 Å². The Hall–Kier alpha value is -2.71. The van der Waals surface area contributed by atoms with Crippen LogP contribution in [0, 0.1) is 10.7 Å². The van der Waals surface area contributed by atoms with Crippen molar-refractivity contribution in [2.45, 2.75) is 0 Å². The van der Waals surface area contributed by atoms with Crippen LogP contribution in [0.3, 0.4) is 0 Å². The molecule has 0 atom stereocenters. The number of para-hydroxylation sites is 1. The van der Waals surface area contributed by atoms with E-state index in [1.165, 1.54) is 17.5 Å². The quantitative estimate of drug-likeness (QED) is 0.245. The van der Waals surface area contributed by atoms with Gasteiger partial charge in [0.15, 0.2) is 5.11 Å². The second-order valence-electron chi connectivity index (χ2n) is 4.34. The smallest absolute Gasteiger partial charge is 0.273 e. The van der Waals surface area contributed by atoms with E-state index in [0.29, 0.717) is 5.56 Å². The Morgan fingerprint density at radius 3 is 2.12 bits per heavy atom. The maximum atomic E-state index is 11.8. The van der Waals surface area contributed by atoms with Crippen molar-refractivity contribution in [1.29, 1.82) is 5.26 Å². The van der Waals surface area contributed by atoms with Crippen LogP contribution in [0.25, 0.3) is 0 Å². The fraction of sp³-hybridized carbons (Fsp3) is 0. The Morgan fingerprint density at radius 2 is 1.54 bits per heavy atom. The monoisotopic (exact) mass is 432 g/mol. The van der Waals surface area contributed by atoms with Gasteiger partial charge in [-0.1, -0.05) is 35.7 Å². The van der Waals surface area contributed by atoms with E-state index in [9.17, 15) is 14.7 Å². The van der Waals surface area contributed by atoms with Gasteiger partial charge in [0.1, 0.15) is 5.75 Å². The van der Waals surface area contributed by atoms with Gasteiger partial charge in [0.25, 0.3) is 11.8 Å². The zero-order chi connectivity index (χ0) is 18.7. The number of carbonyl (C=O) groups excluding carboxylic acids is 2. The number of benzene rings is 2. The number of hydrogen-bond donors (Lipinski definition) is 4. The Kier molecular flexibility index (Phi) is 11.3. The van der Waals surface area contributed by atoms with Gasteiger partial charge in [0.05, 0.1) is 5.56 Å². The largest absolute Gasteiger partial charge is 0.696 e. The molecule has 0 aliphatic carbocycles. The number of carbonyl (C=O) groups is 2. The summed E-state index contributed by atoms with van der Waals surface area (Å²) in [7, 11) is 0. The molecule has 0 unspecified atom stereocenters. The number of aromatic hydroxyl groups is 1. The fourth-order valence-electron chi connectivity index (χ4n) is 1.64. The van der Waals surface area contributed by atoms with E-state index in [0.717, 1.165) is 0 Å². The number of amides is 2. The first-order valence-electron chi connectivity index (χ1n) is 6.75. The summed E-state index contributed by atoms with van der Waals surface area (Å²) < 4.78 is 0. The van der Waals surface area contributed by atoms with Crippen molar-refractivity contribution < 1.29 is 31.5 Å². The topological polar surface area (TPSA) is 114 Å². The average Bonchev–Trinajstić information content (AvgIpc) is 2.61. The van der Waals surface area contributed by atoms with E-state index in [-0.39, 0.29) is 33.2 Å². The first-order valence-corrected chi connectivity index (χ1v) is 7.57. The summed E-state index contributed by atoms with van der Waals surface area (Å²) in [6.07, 6.45) is 0. The predicted octanol–water partition coefficient (Wildman–Crippen LogP) is 1.35. The number of phenolic OH excluding ortho intramolecular Hbond substituents is 1. The van der Waals surface area contributed by atoms with Gasteiger partial charge in [-0.2, -0.15) is 0 Å². The normalized spacial score (nSPS) is 8.42. The third-order valence-electron chi connectivity index (χ3n) is 2.70. The molecular weight excluding hydrogens is 419 g/mol. The molecule has 0 aliphatic rings. The Morgan fingerprint density at radius 1 is 1.00 bits per heavy atom. The van der Waals surface area contributed by atoms with E-state index in [4.69, 9.17) is 17.5 Å². The van der Waals surface area contributed by atoms with Crippen LogP contribution in [0.4, 0.5) is 0 Å².